The Kier molecular flexibility index (Phi) is 4.29. The van der Waals surface area contributed by atoms with Gasteiger partial charge in [-0.05, 0) is 30.3 Å². The molecule has 0 aliphatic heterocycles. The maximum atomic E-state index is 12.3. The number of fused-ring (bicyclic) bond motifs is 2. The van der Waals surface area contributed by atoms with Crippen molar-refractivity contribution in [2.75, 3.05) is 23.8 Å². The molecule has 0 saturated carbocycles. The Morgan fingerprint density at radius 3 is 2.76 bits per heavy atom. The number of aromatic nitrogens is 2. The van der Waals surface area contributed by atoms with Gasteiger partial charge in [-0.15, -0.1) is 0 Å². The van der Waals surface area contributed by atoms with Crippen molar-refractivity contribution in [1.82, 2.24) is 9.97 Å². The third-order valence-electron chi connectivity index (χ3n) is 3.59. The molecular weight excluding hydrogens is 376 g/mol. The summed E-state index contributed by atoms with van der Waals surface area (Å²) in [5, 5.41) is 4.88. The summed E-state index contributed by atoms with van der Waals surface area (Å²) in [4.78, 5) is 23.1. The molecule has 0 atom stereocenters. The third kappa shape index (κ3) is 3.44. The van der Waals surface area contributed by atoms with E-state index < -0.39 is 0 Å². The van der Waals surface area contributed by atoms with Crippen molar-refractivity contribution >= 4 is 70.9 Å². The van der Waals surface area contributed by atoms with Crippen molar-refractivity contribution in [3.63, 3.8) is 0 Å². The smallest absolute Gasteiger partial charge is 0.245 e. The maximum Gasteiger partial charge on any atom is 0.245 e. The van der Waals surface area contributed by atoms with Crippen molar-refractivity contribution < 1.29 is 4.79 Å². The molecule has 1 N–H and O–H groups in total. The van der Waals surface area contributed by atoms with Gasteiger partial charge in [0.15, 0.2) is 10.3 Å². The molecule has 2 aromatic carbocycles. The lowest BCUT2D eigenvalue weighted by Crippen LogP contribution is -2.29. The number of halogens is 1. The van der Waals surface area contributed by atoms with Crippen LogP contribution < -0.4 is 10.2 Å². The monoisotopic (exact) mass is 388 g/mol. The fourth-order valence-electron chi connectivity index (χ4n) is 2.42. The molecule has 2 heterocycles. The third-order valence-corrected chi connectivity index (χ3v) is 5.91. The second-order valence-corrected chi connectivity index (χ2v) is 7.98. The maximum absolute atomic E-state index is 12.3. The van der Waals surface area contributed by atoms with E-state index in [0.29, 0.717) is 10.2 Å². The van der Waals surface area contributed by atoms with Crippen LogP contribution in [0.15, 0.2) is 42.5 Å². The van der Waals surface area contributed by atoms with E-state index in [9.17, 15) is 4.79 Å². The number of rotatable bonds is 4. The number of carbonyl (C=O) groups excluding carboxylic acids is 1. The van der Waals surface area contributed by atoms with Gasteiger partial charge in [0.05, 0.1) is 27.0 Å². The molecule has 1 amide bonds. The standard InChI is InChI=1S/C17H13ClN4OS2/c1-22(17-20-11-4-2-3-5-13(11)25-17)9-15(23)21-16-19-12-7-6-10(18)8-14(12)24-16/h2-8H,9H2,1H3,(H,19,21,23). The van der Waals surface area contributed by atoms with Crippen molar-refractivity contribution in [1.29, 1.82) is 0 Å². The molecule has 0 unspecified atom stereocenters. The van der Waals surface area contributed by atoms with Crippen LogP contribution in [0.1, 0.15) is 0 Å². The lowest BCUT2D eigenvalue weighted by atomic mass is 10.3. The fourth-order valence-corrected chi connectivity index (χ4v) is 4.50. The number of benzene rings is 2. The van der Waals surface area contributed by atoms with Gasteiger partial charge in [-0.2, -0.15) is 0 Å². The second-order valence-electron chi connectivity index (χ2n) is 5.50. The molecule has 8 heteroatoms. The predicted molar refractivity (Wildman–Crippen MR) is 106 cm³/mol. The minimum atomic E-state index is -0.132. The lowest BCUT2D eigenvalue weighted by molar-refractivity contribution is -0.114. The van der Waals surface area contributed by atoms with Gasteiger partial charge in [-0.3, -0.25) is 4.79 Å². The molecule has 2 aromatic heterocycles. The van der Waals surface area contributed by atoms with Gasteiger partial charge in [0.25, 0.3) is 0 Å². The van der Waals surface area contributed by atoms with E-state index in [4.69, 9.17) is 11.6 Å². The first-order valence-corrected chi connectivity index (χ1v) is 9.52. The van der Waals surface area contributed by atoms with Gasteiger partial charge in [-0.1, -0.05) is 46.4 Å². The minimum Gasteiger partial charge on any atom is -0.342 e. The Labute approximate surface area is 156 Å². The molecule has 0 radical (unpaired) electrons. The summed E-state index contributed by atoms with van der Waals surface area (Å²) in [6.45, 7) is 0.205. The van der Waals surface area contributed by atoms with Gasteiger partial charge >= 0.3 is 0 Å². The summed E-state index contributed by atoms with van der Waals surface area (Å²) in [6, 6.07) is 13.4. The van der Waals surface area contributed by atoms with Gasteiger partial charge in [-0.25, -0.2) is 9.97 Å². The number of likely N-dealkylation sites (N-methyl/N-ethyl adjacent to an activating group) is 1. The van der Waals surface area contributed by atoms with E-state index in [-0.39, 0.29) is 12.5 Å². The number of nitrogens with zero attached hydrogens (tertiary/aromatic N) is 3. The quantitative estimate of drug-likeness (QED) is 0.553. The highest BCUT2D eigenvalue weighted by molar-refractivity contribution is 7.22. The summed E-state index contributed by atoms with van der Waals surface area (Å²) < 4.78 is 2.05. The summed E-state index contributed by atoms with van der Waals surface area (Å²) in [5.41, 5.74) is 1.77. The highest BCUT2D eigenvalue weighted by Gasteiger charge is 2.14. The van der Waals surface area contributed by atoms with Crippen LogP contribution in [0, 0.1) is 0 Å². The van der Waals surface area contributed by atoms with Gasteiger partial charge < -0.3 is 10.2 Å². The van der Waals surface area contributed by atoms with Crippen LogP contribution in [0.2, 0.25) is 5.02 Å². The molecule has 0 aliphatic rings. The highest BCUT2D eigenvalue weighted by atomic mass is 35.5. The number of hydrogen-bond donors (Lipinski definition) is 1. The van der Waals surface area contributed by atoms with E-state index in [2.05, 4.69) is 15.3 Å². The van der Waals surface area contributed by atoms with Gasteiger partial charge in [0.1, 0.15) is 0 Å². The predicted octanol–water partition coefficient (Wildman–Crippen LogP) is 4.63. The first kappa shape index (κ1) is 16.3. The van der Waals surface area contributed by atoms with Crippen LogP contribution in [0.5, 0.6) is 0 Å². The average Bonchev–Trinajstić information content (AvgIpc) is 3.17. The molecule has 0 saturated heterocycles. The van der Waals surface area contributed by atoms with Gasteiger partial charge in [0.2, 0.25) is 5.91 Å². The molecule has 4 rings (SSSR count). The second kappa shape index (κ2) is 6.59. The first-order valence-electron chi connectivity index (χ1n) is 7.51. The van der Waals surface area contributed by atoms with Crippen LogP contribution in [0.3, 0.4) is 0 Å². The number of hydrogen-bond acceptors (Lipinski definition) is 6. The Hall–Kier alpha value is -2.22. The minimum absolute atomic E-state index is 0.132. The Balaban J connectivity index is 1.46. The Morgan fingerprint density at radius 2 is 1.92 bits per heavy atom. The van der Waals surface area contributed by atoms with E-state index >= 15 is 0 Å². The number of thiazole rings is 2. The largest absolute Gasteiger partial charge is 0.342 e. The van der Waals surface area contributed by atoms with Gasteiger partial charge in [0, 0.05) is 12.1 Å². The summed E-state index contributed by atoms with van der Waals surface area (Å²) in [5.74, 6) is -0.132. The summed E-state index contributed by atoms with van der Waals surface area (Å²) in [7, 11) is 1.86. The average molecular weight is 389 g/mol. The topological polar surface area (TPSA) is 58.1 Å². The molecule has 25 heavy (non-hydrogen) atoms. The fraction of sp³-hybridized carbons (Fsp3) is 0.118. The van der Waals surface area contributed by atoms with Crippen LogP contribution in [-0.2, 0) is 4.79 Å². The molecule has 0 bridgehead atoms. The van der Waals surface area contributed by atoms with Crippen molar-refractivity contribution in [2.24, 2.45) is 0 Å². The van der Waals surface area contributed by atoms with E-state index in [0.717, 1.165) is 25.6 Å². The van der Waals surface area contributed by atoms with Crippen molar-refractivity contribution in [2.45, 2.75) is 0 Å². The lowest BCUT2D eigenvalue weighted by Gasteiger charge is -2.14. The number of anilines is 2. The SMILES string of the molecule is CN(CC(=O)Nc1nc2ccc(Cl)cc2s1)c1nc2ccccc2s1. The zero-order valence-electron chi connectivity index (χ0n) is 13.2. The Bertz CT molecular complexity index is 1040. The molecule has 0 fully saturated rings. The molecular formula is C17H13ClN4OS2. The number of carbonyl (C=O) groups is 1. The van der Waals surface area contributed by atoms with Crippen LogP contribution >= 0.6 is 34.3 Å². The van der Waals surface area contributed by atoms with E-state index in [1.807, 2.05) is 48.3 Å². The number of nitrogens with one attached hydrogen (secondary N) is 1. The molecule has 0 spiro atoms. The highest BCUT2D eigenvalue weighted by Crippen LogP contribution is 2.29. The summed E-state index contributed by atoms with van der Waals surface area (Å²) >= 11 is 8.96. The first-order chi connectivity index (χ1) is 12.1. The number of amides is 1. The normalized spacial score (nSPS) is 11.1. The van der Waals surface area contributed by atoms with Crippen LogP contribution in [0.25, 0.3) is 20.4 Å². The zero-order chi connectivity index (χ0) is 17.4. The molecule has 0 aliphatic carbocycles. The summed E-state index contributed by atoms with van der Waals surface area (Å²) in [6.07, 6.45) is 0. The molecule has 4 aromatic rings. The Morgan fingerprint density at radius 1 is 1.12 bits per heavy atom. The molecule has 5 nitrogen and oxygen atoms in total. The van der Waals surface area contributed by atoms with Crippen LogP contribution in [-0.4, -0.2) is 29.5 Å². The number of para-hydroxylation sites is 1. The van der Waals surface area contributed by atoms with E-state index in [1.165, 1.54) is 11.3 Å². The zero-order valence-corrected chi connectivity index (χ0v) is 15.6. The molecule has 126 valence electrons. The van der Waals surface area contributed by atoms with Crippen molar-refractivity contribution in [3.8, 4) is 0 Å². The van der Waals surface area contributed by atoms with Crippen molar-refractivity contribution in [3.05, 3.63) is 47.5 Å². The van der Waals surface area contributed by atoms with E-state index in [1.54, 1.807) is 17.4 Å². The van der Waals surface area contributed by atoms with Crippen LogP contribution in [0.4, 0.5) is 10.3 Å².